The van der Waals surface area contributed by atoms with Crippen LogP contribution in [0.3, 0.4) is 0 Å². The van der Waals surface area contributed by atoms with Crippen LogP contribution in [0.5, 0.6) is 0 Å². The van der Waals surface area contributed by atoms with E-state index in [1.54, 1.807) is 11.0 Å². The van der Waals surface area contributed by atoms with Crippen molar-refractivity contribution in [2.45, 2.75) is 4.90 Å². The Hall–Kier alpha value is -3.04. The van der Waals surface area contributed by atoms with Gasteiger partial charge in [0.15, 0.2) is 0 Å². The van der Waals surface area contributed by atoms with E-state index in [2.05, 4.69) is 10.2 Å². The van der Waals surface area contributed by atoms with Crippen molar-refractivity contribution in [3.63, 3.8) is 0 Å². The van der Waals surface area contributed by atoms with E-state index >= 15 is 0 Å². The van der Waals surface area contributed by atoms with Crippen LogP contribution in [0.25, 0.3) is 11.3 Å². The zero-order valence-electron chi connectivity index (χ0n) is 15.5. The molecular weight excluding hydrogens is 395 g/mol. The monoisotopic (exact) mass is 414 g/mol. The van der Waals surface area contributed by atoms with Crippen molar-refractivity contribution in [3.05, 3.63) is 72.2 Å². The Kier molecular flexibility index (Phi) is 5.16. The van der Waals surface area contributed by atoms with Gasteiger partial charge in [-0.2, -0.15) is 9.40 Å². The number of nitrogens with one attached hydrogen (secondary N) is 1. The molecule has 1 amide bonds. The first-order valence-electron chi connectivity index (χ1n) is 9.11. The first-order chi connectivity index (χ1) is 14.0. The number of hydrogen-bond acceptors (Lipinski definition) is 4. The lowest BCUT2D eigenvalue weighted by Crippen LogP contribution is -2.50. The molecule has 0 spiro atoms. The Balaban J connectivity index is 1.44. The molecule has 2 aromatic carbocycles. The average Bonchev–Trinajstić information content (AvgIpc) is 3.24. The van der Waals surface area contributed by atoms with E-state index in [9.17, 15) is 17.6 Å². The van der Waals surface area contributed by atoms with Gasteiger partial charge in [0.25, 0.3) is 5.91 Å². The van der Waals surface area contributed by atoms with Crippen molar-refractivity contribution in [1.29, 1.82) is 0 Å². The lowest BCUT2D eigenvalue weighted by molar-refractivity contribution is 0.0691. The summed E-state index contributed by atoms with van der Waals surface area (Å²) in [5.74, 6) is -1.03. The highest BCUT2D eigenvalue weighted by Gasteiger charge is 2.32. The minimum absolute atomic E-state index is 0.0993. The van der Waals surface area contributed by atoms with Gasteiger partial charge < -0.3 is 4.90 Å². The van der Waals surface area contributed by atoms with Crippen molar-refractivity contribution in [2.24, 2.45) is 0 Å². The van der Waals surface area contributed by atoms with E-state index in [0.717, 1.165) is 11.6 Å². The highest BCUT2D eigenvalue weighted by molar-refractivity contribution is 7.89. The summed E-state index contributed by atoms with van der Waals surface area (Å²) in [5, 5.41) is 6.94. The van der Waals surface area contributed by atoms with Gasteiger partial charge in [0.1, 0.15) is 16.4 Å². The average molecular weight is 414 g/mol. The zero-order chi connectivity index (χ0) is 20.4. The molecule has 7 nitrogen and oxygen atoms in total. The van der Waals surface area contributed by atoms with E-state index in [1.807, 2.05) is 30.3 Å². The number of aromatic amines is 1. The molecule has 2 heterocycles. The number of carbonyl (C=O) groups is 1. The molecule has 0 radical (unpaired) electrons. The number of amides is 1. The highest BCUT2D eigenvalue weighted by Crippen LogP contribution is 2.22. The highest BCUT2D eigenvalue weighted by atomic mass is 32.2. The Morgan fingerprint density at radius 1 is 0.966 bits per heavy atom. The molecule has 0 atom stereocenters. The van der Waals surface area contributed by atoms with Crippen molar-refractivity contribution in [3.8, 4) is 11.3 Å². The fraction of sp³-hybridized carbons (Fsp3) is 0.200. The van der Waals surface area contributed by atoms with Crippen LogP contribution in [-0.2, 0) is 10.0 Å². The summed E-state index contributed by atoms with van der Waals surface area (Å²) < 4.78 is 40.5. The van der Waals surface area contributed by atoms with Gasteiger partial charge >= 0.3 is 0 Å². The van der Waals surface area contributed by atoms with Crippen molar-refractivity contribution < 1.29 is 17.6 Å². The van der Waals surface area contributed by atoms with E-state index in [1.165, 1.54) is 22.5 Å². The van der Waals surface area contributed by atoms with Crippen molar-refractivity contribution >= 4 is 15.9 Å². The largest absolute Gasteiger partial charge is 0.335 e. The Morgan fingerprint density at radius 2 is 1.62 bits per heavy atom. The van der Waals surface area contributed by atoms with Crippen LogP contribution >= 0.6 is 0 Å². The predicted molar refractivity (Wildman–Crippen MR) is 105 cm³/mol. The standard InChI is InChI=1S/C20H19FN4O3S/c21-16-8-4-5-9-19(16)29(27,28)25-12-10-24(11-13-25)20(26)18-14-17(22-23-18)15-6-2-1-3-7-15/h1-9,14H,10-13H2,(H,22,23). The SMILES string of the molecule is O=C(c1cc(-c2ccccc2)n[nH]1)N1CCN(S(=O)(=O)c2ccccc2F)CC1. The number of hydrogen-bond donors (Lipinski definition) is 1. The molecule has 0 bridgehead atoms. The van der Waals surface area contributed by atoms with Gasteiger partial charge in [-0.05, 0) is 18.2 Å². The maximum Gasteiger partial charge on any atom is 0.271 e. The summed E-state index contributed by atoms with van der Waals surface area (Å²) >= 11 is 0. The molecule has 4 rings (SSSR count). The van der Waals surface area contributed by atoms with E-state index < -0.39 is 15.8 Å². The lowest BCUT2D eigenvalue weighted by Gasteiger charge is -2.33. The van der Waals surface area contributed by atoms with Crippen LogP contribution in [0, 0.1) is 5.82 Å². The minimum Gasteiger partial charge on any atom is -0.335 e. The van der Waals surface area contributed by atoms with Crippen LogP contribution in [0.1, 0.15) is 10.5 Å². The normalized spacial score (nSPS) is 15.4. The van der Waals surface area contributed by atoms with Crippen LogP contribution in [0.15, 0.2) is 65.6 Å². The van der Waals surface area contributed by atoms with Crippen LogP contribution < -0.4 is 0 Å². The van der Waals surface area contributed by atoms with Crippen LogP contribution in [0.2, 0.25) is 0 Å². The summed E-state index contributed by atoms with van der Waals surface area (Å²) in [6.45, 7) is 0.628. The number of aromatic nitrogens is 2. The topological polar surface area (TPSA) is 86.4 Å². The summed E-state index contributed by atoms with van der Waals surface area (Å²) in [5.41, 5.74) is 1.90. The van der Waals surface area contributed by atoms with Gasteiger partial charge in [0.2, 0.25) is 10.0 Å². The number of nitrogens with zero attached hydrogens (tertiary/aromatic N) is 3. The van der Waals surface area contributed by atoms with Gasteiger partial charge in [-0.25, -0.2) is 12.8 Å². The van der Waals surface area contributed by atoms with Gasteiger partial charge in [-0.15, -0.1) is 0 Å². The third kappa shape index (κ3) is 3.79. The Labute approximate surface area is 167 Å². The summed E-state index contributed by atoms with van der Waals surface area (Å²) in [4.78, 5) is 14.0. The summed E-state index contributed by atoms with van der Waals surface area (Å²) in [6.07, 6.45) is 0. The van der Waals surface area contributed by atoms with Gasteiger partial charge in [0.05, 0.1) is 5.69 Å². The second-order valence-electron chi connectivity index (χ2n) is 6.66. The van der Waals surface area contributed by atoms with E-state index in [-0.39, 0.29) is 37.0 Å². The second-order valence-corrected chi connectivity index (χ2v) is 8.57. The molecule has 3 aromatic rings. The van der Waals surface area contributed by atoms with E-state index in [0.29, 0.717) is 11.4 Å². The van der Waals surface area contributed by atoms with Crippen LogP contribution in [-0.4, -0.2) is 59.9 Å². The molecular formula is C20H19FN4O3S. The number of sulfonamides is 1. The third-order valence-electron chi connectivity index (χ3n) is 4.86. The molecule has 0 saturated carbocycles. The quantitative estimate of drug-likeness (QED) is 0.710. The molecule has 0 aliphatic carbocycles. The number of H-pyrrole nitrogens is 1. The smallest absolute Gasteiger partial charge is 0.271 e. The molecule has 1 fully saturated rings. The fourth-order valence-corrected chi connectivity index (χ4v) is 4.77. The molecule has 150 valence electrons. The maximum absolute atomic E-state index is 13.9. The Morgan fingerprint density at radius 3 is 2.31 bits per heavy atom. The van der Waals surface area contributed by atoms with Crippen LogP contribution in [0.4, 0.5) is 4.39 Å². The summed E-state index contributed by atoms with van der Waals surface area (Å²) in [7, 11) is -3.94. The predicted octanol–water partition coefficient (Wildman–Crippen LogP) is 2.36. The van der Waals surface area contributed by atoms with Gasteiger partial charge in [-0.1, -0.05) is 42.5 Å². The molecule has 9 heteroatoms. The van der Waals surface area contributed by atoms with Crippen molar-refractivity contribution in [2.75, 3.05) is 26.2 Å². The lowest BCUT2D eigenvalue weighted by atomic mass is 10.1. The third-order valence-corrected chi connectivity index (χ3v) is 6.79. The molecule has 1 N–H and O–H groups in total. The molecule has 1 aliphatic rings. The Bertz CT molecular complexity index is 1120. The van der Waals surface area contributed by atoms with Gasteiger partial charge in [-0.3, -0.25) is 9.89 Å². The zero-order valence-corrected chi connectivity index (χ0v) is 16.3. The molecule has 0 unspecified atom stereocenters. The fourth-order valence-electron chi connectivity index (χ4n) is 3.28. The summed E-state index contributed by atoms with van der Waals surface area (Å²) in [6, 6.07) is 16.5. The number of carbonyl (C=O) groups excluding carboxylic acids is 1. The number of halogens is 1. The number of rotatable bonds is 4. The minimum atomic E-state index is -3.94. The van der Waals surface area contributed by atoms with Gasteiger partial charge in [0, 0.05) is 31.7 Å². The number of piperazine rings is 1. The molecule has 1 saturated heterocycles. The first-order valence-corrected chi connectivity index (χ1v) is 10.6. The van der Waals surface area contributed by atoms with Crippen molar-refractivity contribution in [1.82, 2.24) is 19.4 Å². The van der Waals surface area contributed by atoms with E-state index in [4.69, 9.17) is 0 Å². The molecule has 1 aliphatic heterocycles. The molecule has 29 heavy (non-hydrogen) atoms. The molecule has 1 aromatic heterocycles. The second kappa shape index (κ2) is 7.76. The number of benzene rings is 2. The maximum atomic E-state index is 13.9. The first kappa shape index (κ1) is 19.3.